The third kappa shape index (κ3) is 4.21. The average molecular weight is 291 g/mol. The Labute approximate surface area is 127 Å². The van der Waals surface area contributed by atoms with Crippen LogP contribution in [0.4, 0.5) is 0 Å². The van der Waals surface area contributed by atoms with E-state index in [1.807, 2.05) is 43.0 Å². The molecule has 116 valence electrons. The normalized spacial score (nSPS) is 22.4. The van der Waals surface area contributed by atoms with Crippen LogP contribution in [-0.4, -0.2) is 42.7 Å². The Kier molecular flexibility index (Phi) is 5.23. The van der Waals surface area contributed by atoms with E-state index in [2.05, 4.69) is 13.8 Å². The molecule has 0 N–H and O–H groups in total. The molecule has 0 aliphatic carbocycles. The van der Waals surface area contributed by atoms with Crippen LogP contribution >= 0.6 is 0 Å². The number of nitrogens with zero attached hydrogens (tertiary/aromatic N) is 1. The highest BCUT2D eigenvalue weighted by molar-refractivity contribution is 5.78. The molecular formula is C17H25NO3. The lowest BCUT2D eigenvalue weighted by molar-refractivity contribution is -0.145. The molecule has 1 aromatic carbocycles. The second-order valence-corrected chi connectivity index (χ2v) is 6.04. The van der Waals surface area contributed by atoms with Gasteiger partial charge in [0.1, 0.15) is 5.75 Å². The molecule has 1 amide bonds. The zero-order valence-corrected chi connectivity index (χ0v) is 13.3. The molecule has 0 radical (unpaired) electrons. The Hall–Kier alpha value is -1.55. The van der Waals surface area contributed by atoms with Gasteiger partial charge in [-0.25, -0.2) is 0 Å². The van der Waals surface area contributed by atoms with Crippen molar-refractivity contribution in [3.63, 3.8) is 0 Å². The predicted octanol–water partition coefficient (Wildman–Crippen LogP) is 2.82. The topological polar surface area (TPSA) is 38.8 Å². The van der Waals surface area contributed by atoms with Gasteiger partial charge in [0.25, 0.3) is 5.91 Å². The molecule has 1 heterocycles. The van der Waals surface area contributed by atoms with Crippen LogP contribution in [0.3, 0.4) is 0 Å². The third-order valence-corrected chi connectivity index (χ3v) is 3.66. The van der Waals surface area contributed by atoms with E-state index in [0.717, 1.165) is 11.3 Å². The minimum absolute atomic E-state index is 0.0237. The van der Waals surface area contributed by atoms with Crippen LogP contribution in [0.1, 0.15) is 39.2 Å². The van der Waals surface area contributed by atoms with Gasteiger partial charge in [-0.05, 0) is 31.4 Å². The number of carbonyl (C=O) groups excluding carboxylic acids is 1. The van der Waals surface area contributed by atoms with Crippen LogP contribution in [0.2, 0.25) is 0 Å². The van der Waals surface area contributed by atoms with Gasteiger partial charge in [0, 0.05) is 13.1 Å². The fourth-order valence-electron chi connectivity index (χ4n) is 2.70. The minimum atomic E-state index is 0.0237. The van der Waals surface area contributed by atoms with Crippen molar-refractivity contribution >= 4 is 5.91 Å². The van der Waals surface area contributed by atoms with Crippen molar-refractivity contribution in [3.8, 4) is 5.75 Å². The molecule has 4 heteroatoms. The standard InChI is InChI=1S/C17H25NO3/c1-12(2)15-7-5-6-8-16(15)20-11-17(19)18-9-13(3)21-14(4)10-18/h5-8,12-14H,9-11H2,1-4H3/t13-,14-/m0/s1. The van der Waals surface area contributed by atoms with Gasteiger partial charge in [-0.2, -0.15) is 0 Å². The average Bonchev–Trinajstić information content (AvgIpc) is 2.43. The maximum Gasteiger partial charge on any atom is 0.260 e. The first-order valence-corrected chi connectivity index (χ1v) is 7.62. The quantitative estimate of drug-likeness (QED) is 0.856. The first-order valence-electron chi connectivity index (χ1n) is 7.62. The lowest BCUT2D eigenvalue weighted by Gasteiger charge is -2.35. The zero-order valence-electron chi connectivity index (χ0n) is 13.3. The van der Waals surface area contributed by atoms with Crippen molar-refractivity contribution < 1.29 is 14.3 Å². The Morgan fingerprint density at radius 2 is 1.90 bits per heavy atom. The van der Waals surface area contributed by atoms with Gasteiger partial charge in [0.2, 0.25) is 0 Å². The van der Waals surface area contributed by atoms with E-state index in [9.17, 15) is 4.79 Å². The molecule has 4 nitrogen and oxygen atoms in total. The molecule has 2 rings (SSSR count). The highest BCUT2D eigenvalue weighted by atomic mass is 16.5. The van der Waals surface area contributed by atoms with Gasteiger partial charge >= 0.3 is 0 Å². The molecule has 2 atom stereocenters. The number of amides is 1. The summed E-state index contributed by atoms with van der Waals surface area (Å²) in [5.41, 5.74) is 1.13. The van der Waals surface area contributed by atoms with Crippen molar-refractivity contribution in [3.05, 3.63) is 29.8 Å². The number of hydrogen-bond donors (Lipinski definition) is 0. The molecule has 1 aromatic rings. The van der Waals surface area contributed by atoms with Crippen molar-refractivity contribution in [2.75, 3.05) is 19.7 Å². The van der Waals surface area contributed by atoms with E-state index in [0.29, 0.717) is 19.0 Å². The molecule has 1 aliphatic heterocycles. The highest BCUT2D eigenvalue weighted by Gasteiger charge is 2.26. The molecule has 21 heavy (non-hydrogen) atoms. The molecular weight excluding hydrogens is 266 g/mol. The van der Waals surface area contributed by atoms with Crippen molar-refractivity contribution in [2.45, 2.75) is 45.8 Å². The SMILES string of the molecule is CC(C)c1ccccc1OCC(=O)N1C[C@H](C)O[C@@H](C)C1. The first-order chi connectivity index (χ1) is 9.97. The Morgan fingerprint density at radius 1 is 1.29 bits per heavy atom. The smallest absolute Gasteiger partial charge is 0.260 e. The third-order valence-electron chi connectivity index (χ3n) is 3.66. The first kappa shape index (κ1) is 15.8. The number of ether oxygens (including phenoxy) is 2. The summed E-state index contributed by atoms with van der Waals surface area (Å²) in [6.07, 6.45) is 0.168. The van der Waals surface area contributed by atoms with Crippen LogP contribution in [0.25, 0.3) is 0 Å². The summed E-state index contributed by atoms with van der Waals surface area (Å²) in [6.45, 7) is 9.58. The van der Waals surface area contributed by atoms with Crippen LogP contribution < -0.4 is 4.74 Å². The molecule has 1 aliphatic rings. The molecule has 1 saturated heterocycles. The summed E-state index contributed by atoms with van der Waals surface area (Å²) in [5, 5.41) is 0. The number of carbonyl (C=O) groups is 1. The summed E-state index contributed by atoms with van der Waals surface area (Å²) >= 11 is 0. The number of rotatable bonds is 4. The Morgan fingerprint density at radius 3 is 2.52 bits per heavy atom. The lowest BCUT2D eigenvalue weighted by atomic mass is 10.0. The number of hydrogen-bond acceptors (Lipinski definition) is 3. The van der Waals surface area contributed by atoms with E-state index in [4.69, 9.17) is 9.47 Å². The van der Waals surface area contributed by atoms with Gasteiger partial charge in [-0.15, -0.1) is 0 Å². The highest BCUT2D eigenvalue weighted by Crippen LogP contribution is 2.25. The molecule has 0 spiro atoms. The van der Waals surface area contributed by atoms with E-state index in [1.165, 1.54) is 0 Å². The van der Waals surface area contributed by atoms with Gasteiger partial charge in [-0.3, -0.25) is 4.79 Å². The maximum atomic E-state index is 12.3. The number of benzene rings is 1. The second-order valence-electron chi connectivity index (χ2n) is 6.04. The Bertz CT molecular complexity index is 477. The van der Waals surface area contributed by atoms with Gasteiger partial charge in [-0.1, -0.05) is 32.0 Å². The van der Waals surface area contributed by atoms with Gasteiger partial charge in [0.15, 0.2) is 6.61 Å². The van der Waals surface area contributed by atoms with Crippen LogP contribution in [0.5, 0.6) is 5.75 Å². The van der Waals surface area contributed by atoms with Crippen molar-refractivity contribution in [1.82, 2.24) is 4.90 Å². The van der Waals surface area contributed by atoms with E-state index in [-0.39, 0.29) is 24.7 Å². The van der Waals surface area contributed by atoms with Crippen LogP contribution in [0, 0.1) is 0 Å². The number of morpholine rings is 1. The molecule has 0 saturated carbocycles. The summed E-state index contributed by atoms with van der Waals surface area (Å²) in [5.74, 6) is 1.20. The van der Waals surface area contributed by atoms with Crippen molar-refractivity contribution in [1.29, 1.82) is 0 Å². The Balaban J connectivity index is 1.95. The van der Waals surface area contributed by atoms with Gasteiger partial charge in [0.05, 0.1) is 12.2 Å². The summed E-state index contributed by atoms with van der Waals surface area (Å²) in [7, 11) is 0. The van der Waals surface area contributed by atoms with E-state index < -0.39 is 0 Å². The maximum absolute atomic E-state index is 12.3. The molecule has 0 aromatic heterocycles. The molecule has 1 fully saturated rings. The summed E-state index contributed by atoms with van der Waals surface area (Å²) < 4.78 is 11.4. The van der Waals surface area contributed by atoms with Gasteiger partial charge < -0.3 is 14.4 Å². The minimum Gasteiger partial charge on any atom is -0.483 e. The zero-order chi connectivity index (χ0) is 15.4. The lowest BCUT2D eigenvalue weighted by Crippen LogP contribution is -2.49. The second kappa shape index (κ2) is 6.94. The van der Waals surface area contributed by atoms with Crippen molar-refractivity contribution in [2.24, 2.45) is 0 Å². The van der Waals surface area contributed by atoms with Crippen LogP contribution in [-0.2, 0) is 9.53 Å². The van der Waals surface area contributed by atoms with Crippen LogP contribution in [0.15, 0.2) is 24.3 Å². The number of para-hydroxylation sites is 1. The summed E-state index contributed by atoms with van der Waals surface area (Å²) in [6, 6.07) is 7.90. The monoisotopic (exact) mass is 291 g/mol. The summed E-state index contributed by atoms with van der Waals surface area (Å²) in [4.78, 5) is 14.1. The predicted molar refractivity (Wildman–Crippen MR) is 82.6 cm³/mol. The largest absolute Gasteiger partial charge is 0.483 e. The van der Waals surface area contributed by atoms with E-state index in [1.54, 1.807) is 0 Å². The fourth-order valence-corrected chi connectivity index (χ4v) is 2.70. The van der Waals surface area contributed by atoms with E-state index >= 15 is 0 Å². The molecule has 0 unspecified atom stereocenters. The molecule has 0 bridgehead atoms. The fraction of sp³-hybridized carbons (Fsp3) is 0.588.